The van der Waals surface area contributed by atoms with Gasteiger partial charge in [0, 0.05) is 7.11 Å². The van der Waals surface area contributed by atoms with Gasteiger partial charge >= 0.3 is 0 Å². The maximum absolute atomic E-state index is 11.4. The van der Waals surface area contributed by atoms with Crippen molar-refractivity contribution in [2.45, 2.75) is 18.9 Å². The van der Waals surface area contributed by atoms with Crippen molar-refractivity contribution >= 4 is 27.5 Å². The first-order chi connectivity index (χ1) is 6.56. The van der Waals surface area contributed by atoms with E-state index < -0.39 is 0 Å². The van der Waals surface area contributed by atoms with Gasteiger partial charge in [0.1, 0.15) is 10.3 Å². The zero-order valence-corrected chi connectivity index (χ0v) is 10.1. The van der Waals surface area contributed by atoms with E-state index in [4.69, 9.17) is 16.3 Å². The topological polar surface area (TPSA) is 55.0 Å². The summed E-state index contributed by atoms with van der Waals surface area (Å²) in [4.78, 5) is 18.1. The minimum Gasteiger partial charge on any atom is -0.378 e. The molecule has 1 heterocycles. The molecule has 1 N–H and O–H groups in total. The maximum atomic E-state index is 11.4. The van der Waals surface area contributed by atoms with Crippen LogP contribution in [0.1, 0.15) is 23.8 Å². The Labute approximate surface area is 94.8 Å². The molecule has 1 aromatic rings. The molecule has 0 radical (unpaired) electrons. The van der Waals surface area contributed by atoms with Gasteiger partial charge in [0.2, 0.25) is 0 Å². The highest BCUT2D eigenvalue weighted by Crippen LogP contribution is 2.17. The van der Waals surface area contributed by atoms with E-state index in [9.17, 15) is 4.79 Å². The number of hydrogen-bond donors (Lipinski definition) is 1. The fraction of sp³-hybridized carbons (Fsp3) is 0.500. The summed E-state index contributed by atoms with van der Waals surface area (Å²) in [6, 6.07) is 0. The SMILES string of the molecule is COCc1nc(C(C)Cl)[nH]c(=O)c1Br. The summed E-state index contributed by atoms with van der Waals surface area (Å²) in [6.07, 6.45) is 0. The number of ether oxygens (including phenoxy) is 1. The number of aromatic amines is 1. The van der Waals surface area contributed by atoms with Crippen LogP contribution in [0, 0.1) is 0 Å². The number of H-pyrrole nitrogens is 1. The first kappa shape index (κ1) is 11.7. The lowest BCUT2D eigenvalue weighted by atomic mass is 10.3. The molecule has 0 saturated heterocycles. The summed E-state index contributed by atoms with van der Waals surface area (Å²) in [7, 11) is 1.54. The number of hydrogen-bond acceptors (Lipinski definition) is 3. The molecule has 0 fully saturated rings. The van der Waals surface area contributed by atoms with Gasteiger partial charge in [-0.1, -0.05) is 0 Å². The Kier molecular flexibility index (Phi) is 4.10. The fourth-order valence-corrected chi connectivity index (χ4v) is 1.35. The van der Waals surface area contributed by atoms with Gasteiger partial charge < -0.3 is 9.72 Å². The van der Waals surface area contributed by atoms with E-state index in [0.717, 1.165) is 0 Å². The van der Waals surface area contributed by atoms with E-state index in [0.29, 0.717) is 16.0 Å². The van der Waals surface area contributed by atoms with Crippen LogP contribution in [0.25, 0.3) is 0 Å². The summed E-state index contributed by atoms with van der Waals surface area (Å²) in [5, 5.41) is -0.327. The van der Waals surface area contributed by atoms with Crippen LogP contribution in [0.2, 0.25) is 0 Å². The molecule has 0 spiro atoms. The zero-order chi connectivity index (χ0) is 10.7. The Bertz CT molecular complexity index is 378. The van der Waals surface area contributed by atoms with E-state index in [2.05, 4.69) is 25.9 Å². The Hall–Kier alpha value is -0.390. The highest BCUT2D eigenvalue weighted by molar-refractivity contribution is 9.10. The largest absolute Gasteiger partial charge is 0.378 e. The van der Waals surface area contributed by atoms with Crippen LogP contribution in [0.3, 0.4) is 0 Å². The molecule has 0 aliphatic carbocycles. The molecule has 1 aromatic heterocycles. The molecular weight excluding hydrogens is 271 g/mol. The Morgan fingerprint density at radius 1 is 1.71 bits per heavy atom. The molecule has 0 aliphatic rings. The zero-order valence-electron chi connectivity index (χ0n) is 7.80. The molecule has 6 heteroatoms. The molecule has 0 aliphatic heterocycles. The predicted octanol–water partition coefficient (Wildman–Crippen LogP) is 1.98. The molecule has 1 unspecified atom stereocenters. The van der Waals surface area contributed by atoms with Crippen LogP contribution >= 0.6 is 27.5 Å². The summed E-state index contributed by atoms with van der Waals surface area (Å²) in [5.74, 6) is 0.451. The summed E-state index contributed by atoms with van der Waals surface area (Å²) < 4.78 is 5.30. The molecule has 14 heavy (non-hydrogen) atoms. The first-order valence-corrected chi connectivity index (χ1v) is 5.20. The summed E-state index contributed by atoms with van der Waals surface area (Å²) in [6.45, 7) is 2.02. The van der Waals surface area contributed by atoms with Crippen LogP contribution in [-0.4, -0.2) is 17.1 Å². The first-order valence-electron chi connectivity index (χ1n) is 3.98. The van der Waals surface area contributed by atoms with Gasteiger partial charge in [-0.2, -0.15) is 0 Å². The number of aromatic nitrogens is 2. The Morgan fingerprint density at radius 3 is 2.86 bits per heavy atom. The number of rotatable bonds is 3. The number of nitrogens with zero attached hydrogens (tertiary/aromatic N) is 1. The second kappa shape index (κ2) is 4.91. The Morgan fingerprint density at radius 2 is 2.36 bits per heavy atom. The predicted molar refractivity (Wildman–Crippen MR) is 57.5 cm³/mol. The molecular formula is C8H10BrClN2O2. The third kappa shape index (κ3) is 2.56. The van der Waals surface area contributed by atoms with Gasteiger partial charge in [-0.05, 0) is 22.9 Å². The minimum atomic E-state index is -0.327. The lowest BCUT2D eigenvalue weighted by molar-refractivity contribution is 0.180. The second-order valence-corrected chi connectivity index (χ2v) is 4.21. The van der Waals surface area contributed by atoms with Crippen molar-refractivity contribution < 1.29 is 4.74 Å². The highest BCUT2D eigenvalue weighted by atomic mass is 79.9. The average molecular weight is 282 g/mol. The van der Waals surface area contributed by atoms with Crippen LogP contribution in [0.4, 0.5) is 0 Å². The van der Waals surface area contributed by atoms with Crippen molar-refractivity contribution in [3.8, 4) is 0 Å². The normalized spacial score (nSPS) is 12.9. The third-order valence-corrected chi connectivity index (χ3v) is 2.63. The van der Waals surface area contributed by atoms with Crippen LogP contribution in [-0.2, 0) is 11.3 Å². The minimum absolute atomic E-state index is 0.241. The molecule has 1 rings (SSSR count). The lowest BCUT2D eigenvalue weighted by Gasteiger charge is -2.06. The van der Waals surface area contributed by atoms with Crippen LogP contribution in [0.15, 0.2) is 9.27 Å². The second-order valence-electron chi connectivity index (χ2n) is 2.76. The standard InChI is InChI=1S/C8H10BrClN2O2/c1-4(10)7-11-5(3-14-2)6(9)8(13)12-7/h4H,3H2,1-2H3,(H,11,12,13). The molecule has 0 saturated carbocycles. The van der Waals surface area contributed by atoms with Gasteiger partial charge in [-0.3, -0.25) is 4.79 Å². The van der Waals surface area contributed by atoms with Gasteiger partial charge in [0.05, 0.1) is 17.7 Å². The van der Waals surface area contributed by atoms with Crippen LogP contribution < -0.4 is 5.56 Å². The van der Waals surface area contributed by atoms with Crippen molar-refractivity contribution in [3.05, 3.63) is 26.3 Å². The molecule has 0 amide bonds. The molecule has 1 atom stereocenters. The number of alkyl halides is 1. The monoisotopic (exact) mass is 280 g/mol. The van der Waals surface area contributed by atoms with Gasteiger partial charge in [-0.15, -0.1) is 11.6 Å². The van der Waals surface area contributed by atoms with E-state index in [1.807, 2.05) is 0 Å². The van der Waals surface area contributed by atoms with Crippen molar-refractivity contribution in [1.82, 2.24) is 9.97 Å². The maximum Gasteiger partial charge on any atom is 0.265 e. The molecule has 0 bridgehead atoms. The average Bonchev–Trinajstić information content (AvgIpc) is 2.12. The van der Waals surface area contributed by atoms with Crippen molar-refractivity contribution in [2.24, 2.45) is 0 Å². The fourth-order valence-electron chi connectivity index (χ4n) is 0.945. The van der Waals surface area contributed by atoms with Gasteiger partial charge in [0.25, 0.3) is 5.56 Å². The van der Waals surface area contributed by atoms with E-state index in [1.54, 1.807) is 14.0 Å². The lowest BCUT2D eigenvalue weighted by Crippen LogP contribution is -2.16. The van der Waals surface area contributed by atoms with E-state index in [1.165, 1.54) is 0 Å². The quantitative estimate of drug-likeness (QED) is 0.862. The Balaban J connectivity index is 3.21. The van der Waals surface area contributed by atoms with Crippen molar-refractivity contribution in [1.29, 1.82) is 0 Å². The van der Waals surface area contributed by atoms with Gasteiger partial charge in [-0.25, -0.2) is 4.98 Å². The van der Waals surface area contributed by atoms with Crippen molar-refractivity contribution in [2.75, 3.05) is 7.11 Å². The van der Waals surface area contributed by atoms with E-state index >= 15 is 0 Å². The third-order valence-electron chi connectivity index (χ3n) is 1.61. The number of nitrogens with one attached hydrogen (secondary N) is 1. The van der Waals surface area contributed by atoms with E-state index in [-0.39, 0.29) is 17.5 Å². The summed E-state index contributed by atoms with van der Waals surface area (Å²) in [5.41, 5.74) is 0.313. The molecule has 4 nitrogen and oxygen atoms in total. The number of methoxy groups -OCH3 is 1. The van der Waals surface area contributed by atoms with Crippen molar-refractivity contribution in [3.63, 3.8) is 0 Å². The van der Waals surface area contributed by atoms with Gasteiger partial charge in [0.15, 0.2) is 0 Å². The number of halogens is 2. The highest BCUT2D eigenvalue weighted by Gasteiger charge is 2.11. The summed E-state index contributed by atoms with van der Waals surface area (Å²) >= 11 is 8.95. The smallest absolute Gasteiger partial charge is 0.265 e. The van der Waals surface area contributed by atoms with Crippen LogP contribution in [0.5, 0.6) is 0 Å². The molecule has 0 aromatic carbocycles. The molecule has 78 valence electrons.